The Hall–Kier alpha value is -2.36. The number of benzene rings is 2. The summed E-state index contributed by atoms with van der Waals surface area (Å²) in [6, 6.07) is 14.1. The highest BCUT2D eigenvalue weighted by atomic mass is 19.1. The van der Waals surface area contributed by atoms with Gasteiger partial charge in [0, 0.05) is 30.9 Å². The van der Waals surface area contributed by atoms with Crippen molar-refractivity contribution in [1.29, 1.82) is 0 Å². The third-order valence-electron chi connectivity index (χ3n) is 3.98. The molecule has 1 aliphatic heterocycles. The van der Waals surface area contributed by atoms with Crippen molar-refractivity contribution < 1.29 is 9.18 Å². The molecule has 1 heterocycles. The smallest absolute Gasteiger partial charge is 0.251 e. The molecule has 0 bridgehead atoms. The second-order valence-corrected chi connectivity index (χ2v) is 5.48. The number of fused-ring (bicyclic) bond motifs is 1. The zero-order valence-corrected chi connectivity index (χ0v) is 12.4. The van der Waals surface area contributed by atoms with Gasteiger partial charge in [0.05, 0.1) is 0 Å². The highest BCUT2D eigenvalue weighted by molar-refractivity contribution is 5.94. The van der Waals surface area contributed by atoms with E-state index in [0.717, 1.165) is 25.9 Å². The molecule has 1 aliphatic rings. The lowest BCUT2D eigenvalue weighted by atomic mass is 10.2. The Bertz CT molecular complexity index is 654. The van der Waals surface area contributed by atoms with E-state index >= 15 is 0 Å². The van der Waals surface area contributed by atoms with Crippen LogP contribution >= 0.6 is 0 Å². The highest BCUT2D eigenvalue weighted by Crippen LogP contribution is 2.27. The molecule has 0 saturated carbocycles. The summed E-state index contributed by atoms with van der Waals surface area (Å²) in [5.74, 6) is -0.480. The number of anilines is 1. The first kappa shape index (κ1) is 14.6. The number of carbonyl (C=O) groups is 1. The summed E-state index contributed by atoms with van der Waals surface area (Å²) in [5.41, 5.74) is 3.21. The van der Waals surface area contributed by atoms with Gasteiger partial charge in [0.15, 0.2) is 0 Å². The zero-order chi connectivity index (χ0) is 15.4. The van der Waals surface area contributed by atoms with Gasteiger partial charge < -0.3 is 10.2 Å². The molecule has 4 heteroatoms. The second-order valence-electron chi connectivity index (χ2n) is 5.48. The van der Waals surface area contributed by atoms with Gasteiger partial charge in [0.1, 0.15) is 5.82 Å². The summed E-state index contributed by atoms with van der Waals surface area (Å²) in [6.45, 7) is 2.60. The van der Waals surface area contributed by atoms with Crippen LogP contribution < -0.4 is 10.2 Å². The molecule has 0 fully saturated rings. The normalized spacial score (nSPS) is 13.0. The molecule has 0 radical (unpaired) electrons. The van der Waals surface area contributed by atoms with Crippen LogP contribution in [0.25, 0.3) is 0 Å². The lowest BCUT2D eigenvalue weighted by molar-refractivity contribution is 0.0953. The van der Waals surface area contributed by atoms with Gasteiger partial charge in [0.2, 0.25) is 0 Å². The maximum absolute atomic E-state index is 12.8. The first-order valence-corrected chi connectivity index (χ1v) is 7.60. The molecule has 0 atom stereocenters. The summed E-state index contributed by atoms with van der Waals surface area (Å²) < 4.78 is 12.8. The van der Waals surface area contributed by atoms with Crippen LogP contribution in [0.2, 0.25) is 0 Å². The molecular formula is C18H19FN2O. The van der Waals surface area contributed by atoms with E-state index < -0.39 is 0 Å². The van der Waals surface area contributed by atoms with Gasteiger partial charge in [-0.05, 0) is 48.7 Å². The van der Waals surface area contributed by atoms with Crippen molar-refractivity contribution in [3.63, 3.8) is 0 Å². The van der Waals surface area contributed by atoms with Crippen molar-refractivity contribution in [2.75, 3.05) is 24.5 Å². The summed E-state index contributed by atoms with van der Waals surface area (Å²) in [7, 11) is 0. The van der Waals surface area contributed by atoms with Crippen LogP contribution in [0.3, 0.4) is 0 Å². The van der Waals surface area contributed by atoms with Crippen molar-refractivity contribution in [2.45, 2.75) is 12.8 Å². The van der Waals surface area contributed by atoms with Crippen LogP contribution in [0.5, 0.6) is 0 Å². The quantitative estimate of drug-likeness (QED) is 0.861. The van der Waals surface area contributed by atoms with E-state index in [0.29, 0.717) is 12.1 Å². The number of nitrogens with one attached hydrogen (secondary N) is 1. The molecule has 0 saturated heterocycles. The molecule has 0 aliphatic carbocycles. The molecule has 1 amide bonds. The summed E-state index contributed by atoms with van der Waals surface area (Å²) in [4.78, 5) is 14.3. The van der Waals surface area contributed by atoms with Crippen LogP contribution in [0.4, 0.5) is 10.1 Å². The SMILES string of the molecule is O=C(NCCCN1CCc2ccccc21)c1ccc(F)cc1. The van der Waals surface area contributed by atoms with E-state index in [1.54, 1.807) is 0 Å². The molecule has 2 aromatic carbocycles. The van der Waals surface area contributed by atoms with Crippen molar-refractivity contribution in [3.8, 4) is 0 Å². The average Bonchev–Trinajstić information content (AvgIpc) is 2.95. The second kappa shape index (κ2) is 6.60. The molecule has 3 rings (SSSR count). The minimum atomic E-state index is -0.329. The number of para-hydroxylation sites is 1. The number of hydrogen-bond donors (Lipinski definition) is 1. The van der Waals surface area contributed by atoms with E-state index in [1.165, 1.54) is 35.5 Å². The van der Waals surface area contributed by atoms with Gasteiger partial charge in [-0.3, -0.25) is 4.79 Å². The van der Waals surface area contributed by atoms with Crippen LogP contribution in [-0.2, 0) is 6.42 Å². The maximum Gasteiger partial charge on any atom is 0.251 e. The van der Waals surface area contributed by atoms with Crippen LogP contribution in [0.15, 0.2) is 48.5 Å². The number of hydrogen-bond acceptors (Lipinski definition) is 2. The Balaban J connectivity index is 1.45. The van der Waals surface area contributed by atoms with Crippen molar-refractivity contribution in [2.24, 2.45) is 0 Å². The number of rotatable bonds is 5. The number of carbonyl (C=O) groups excluding carboxylic acids is 1. The minimum Gasteiger partial charge on any atom is -0.371 e. The van der Waals surface area contributed by atoms with E-state index in [9.17, 15) is 9.18 Å². The zero-order valence-electron chi connectivity index (χ0n) is 12.4. The van der Waals surface area contributed by atoms with Gasteiger partial charge in [-0.1, -0.05) is 18.2 Å². The molecule has 1 N–H and O–H groups in total. The number of halogens is 1. The average molecular weight is 298 g/mol. The Morgan fingerprint density at radius 3 is 2.73 bits per heavy atom. The van der Waals surface area contributed by atoms with Crippen molar-refractivity contribution in [3.05, 3.63) is 65.5 Å². The van der Waals surface area contributed by atoms with E-state index in [-0.39, 0.29) is 11.7 Å². The fourth-order valence-electron chi connectivity index (χ4n) is 2.81. The van der Waals surface area contributed by atoms with Gasteiger partial charge in [-0.25, -0.2) is 4.39 Å². The first-order valence-electron chi connectivity index (χ1n) is 7.60. The topological polar surface area (TPSA) is 32.3 Å². The Labute approximate surface area is 129 Å². The summed E-state index contributed by atoms with van der Waals surface area (Å²) >= 11 is 0. The third kappa shape index (κ3) is 3.27. The third-order valence-corrected chi connectivity index (χ3v) is 3.98. The van der Waals surface area contributed by atoms with Crippen LogP contribution in [0, 0.1) is 5.82 Å². The number of nitrogens with zero attached hydrogens (tertiary/aromatic N) is 1. The predicted molar refractivity (Wildman–Crippen MR) is 85.7 cm³/mol. The van der Waals surface area contributed by atoms with E-state index in [4.69, 9.17) is 0 Å². The Kier molecular flexibility index (Phi) is 4.37. The van der Waals surface area contributed by atoms with Gasteiger partial charge >= 0.3 is 0 Å². The van der Waals surface area contributed by atoms with Crippen LogP contribution in [0.1, 0.15) is 22.3 Å². The lowest BCUT2D eigenvalue weighted by Crippen LogP contribution is -2.29. The summed E-state index contributed by atoms with van der Waals surface area (Å²) in [5, 5.41) is 2.88. The highest BCUT2D eigenvalue weighted by Gasteiger charge is 2.17. The van der Waals surface area contributed by atoms with E-state index in [2.05, 4.69) is 34.5 Å². The summed E-state index contributed by atoms with van der Waals surface area (Å²) in [6.07, 6.45) is 1.99. The molecule has 22 heavy (non-hydrogen) atoms. The number of amides is 1. The van der Waals surface area contributed by atoms with Gasteiger partial charge in [-0.15, -0.1) is 0 Å². The molecule has 114 valence electrons. The van der Waals surface area contributed by atoms with Crippen molar-refractivity contribution >= 4 is 11.6 Å². The molecule has 3 nitrogen and oxygen atoms in total. The van der Waals surface area contributed by atoms with Crippen LogP contribution in [-0.4, -0.2) is 25.5 Å². The van der Waals surface area contributed by atoms with Gasteiger partial charge in [0.25, 0.3) is 5.91 Å². The molecule has 0 aromatic heterocycles. The Morgan fingerprint density at radius 1 is 1.14 bits per heavy atom. The first-order chi connectivity index (χ1) is 10.7. The van der Waals surface area contributed by atoms with E-state index in [1.807, 2.05) is 0 Å². The lowest BCUT2D eigenvalue weighted by Gasteiger charge is -2.19. The fraction of sp³-hybridized carbons (Fsp3) is 0.278. The predicted octanol–water partition coefficient (Wildman–Crippen LogP) is 3.01. The molecule has 0 unspecified atom stereocenters. The van der Waals surface area contributed by atoms with Gasteiger partial charge in [-0.2, -0.15) is 0 Å². The molecule has 0 spiro atoms. The Morgan fingerprint density at radius 2 is 1.91 bits per heavy atom. The molecule has 2 aromatic rings. The fourth-order valence-corrected chi connectivity index (χ4v) is 2.81. The standard InChI is InChI=1S/C18H19FN2O/c19-16-8-6-15(7-9-16)18(22)20-11-3-12-21-13-10-14-4-1-2-5-17(14)21/h1-2,4-9H,3,10-13H2,(H,20,22). The van der Waals surface area contributed by atoms with Crippen molar-refractivity contribution in [1.82, 2.24) is 5.32 Å². The maximum atomic E-state index is 12.8. The monoisotopic (exact) mass is 298 g/mol. The largest absolute Gasteiger partial charge is 0.371 e. The minimum absolute atomic E-state index is 0.151. The molecular weight excluding hydrogens is 279 g/mol.